The first-order valence-corrected chi connectivity index (χ1v) is 8.63. The van der Waals surface area contributed by atoms with Gasteiger partial charge in [-0.2, -0.15) is 0 Å². The molecule has 1 atom stereocenters. The third kappa shape index (κ3) is 3.51. The van der Waals surface area contributed by atoms with E-state index in [4.69, 9.17) is 5.26 Å². The molecule has 110 valence electrons. The van der Waals surface area contributed by atoms with Crippen LogP contribution >= 0.6 is 7.14 Å². The minimum absolute atomic E-state index is 0.187. The van der Waals surface area contributed by atoms with Crippen LogP contribution in [-0.4, -0.2) is 17.5 Å². The van der Waals surface area contributed by atoms with Crippen LogP contribution in [0.5, 0.6) is 0 Å². The molecular weight excluding hydrogens is 283 g/mol. The summed E-state index contributed by atoms with van der Waals surface area (Å²) >= 11 is 0. The first-order valence-electron chi connectivity index (χ1n) is 6.74. The largest absolute Gasteiger partial charge is 0.314 e. The Kier molecular flexibility index (Phi) is 5.13. The lowest BCUT2D eigenvalue weighted by Crippen LogP contribution is -2.26. The van der Waals surface area contributed by atoms with Crippen molar-refractivity contribution >= 4 is 17.8 Å². The molecule has 0 radical (unpaired) electrons. The number of rotatable bonds is 6. The summed E-state index contributed by atoms with van der Waals surface area (Å²) in [6.45, 7) is 5.54. The molecule has 4 heteroatoms. The quantitative estimate of drug-likeness (QED) is 0.385. The Bertz CT molecular complexity index is 594. The van der Waals surface area contributed by atoms with E-state index in [1.54, 1.807) is 6.92 Å². The van der Waals surface area contributed by atoms with Gasteiger partial charge in [-0.3, -0.25) is 5.26 Å². The summed E-state index contributed by atoms with van der Waals surface area (Å²) in [6, 6.07) is 18.6. The fraction of sp³-hybridized carbons (Fsp3) is 0.176. The molecule has 0 spiro atoms. The van der Waals surface area contributed by atoms with E-state index in [0.29, 0.717) is 5.57 Å². The summed E-state index contributed by atoms with van der Waals surface area (Å²) in [4.78, 5) is 4.48. The van der Waals surface area contributed by atoms with Crippen molar-refractivity contribution in [1.82, 2.24) is 0 Å². The van der Waals surface area contributed by atoms with Gasteiger partial charge in [0.2, 0.25) is 0 Å². The van der Waals surface area contributed by atoms with Crippen LogP contribution in [0.4, 0.5) is 0 Å². The van der Waals surface area contributed by atoms with Gasteiger partial charge in [0.1, 0.15) is 13.2 Å². The number of hydrogen-bond donors (Lipinski definition) is 1. The van der Waals surface area contributed by atoms with Crippen molar-refractivity contribution < 1.29 is 14.7 Å². The minimum atomic E-state index is -2.90. The molecule has 0 fully saturated rings. The molecule has 0 aliphatic carbocycles. The second-order valence-corrected chi connectivity index (χ2v) is 7.91. The second-order valence-electron chi connectivity index (χ2n) is 5.03. The minimum Gasteiger partial charge on any atom is -0.314 e. The summed E-state index contributed by atoms with van der Waals surface area (Å²) in [7, 11) is -2.90. The van der Waals surface area contributed by atoms with Crippen molar-refractivity contribution in [1.29, 1.82) is 0 Å². The van der Waals surface area contributed by atoms with Gasteiger partial charge < -0.3 is 4.57 Å². The number of hydrogen-bond acceptors (Lipinski definition) is 3. The highest BCUT2D eigenvalue weighted by molar-refractivity contribution is 7.78. The van der Waals surface area contributed by atoms with Crippen LogP contribution in [0.2, 0.25) is 0 Å². The van der Waals surface area contributed by atoms with E-state index in [-0.39, 0.29) is 6.16 Å². The van der Waals surface area contributed by atoms with Gasteiger partial charge in [0.05, 0.1) is 0 Å². The molecule has 1 N–H and O–H groups in total. The third-order valence-electron chi connectivity index (χ3n) is 3.45. The van der Waals surface area contributed by atoms with Crippen molar-refractivity contribution in [2.75, 3.05) is 6.16 Å². The van der Waals surface area contributed by atoms with E-state index >= 15 is 0 Å². The molecule has 2 rings (SSSR count). The van der Waals surface area contributed by atoms with Crippen LogP contribution in [-0.2, 0) is 9.45 Å². The van der Waals surface area contributed by atoms with Gasteiger partial charge in [-0.1, -0.05) is 67.2 Å². The predicted octanol–water partition coefficient (Wildman–Crippen LogP) is 3.43. The van der Waals surface area contributed by atoms with Gasteiger partial charge in [-0.15, -0.1) is 0 Å². The molecule has 0 saturated heterocycles. The molecule has 0 heterocycles. The van der Waals surface area contributed by atoms with E-state index < -0.39 is 13.2 Å². The molecule has 0 aliphatic rings. The Hall–Kier alpha value is -1.67. The molecule has 0 aromatic heterocycles. The van der Waals surface area contributed by atoms with Crippen molar-refractivity contribution in [3.05, 3.63) is 72.8 Å². The van der Waals surface area contributed by atoms with Crippen LogP contribution in [0.15, 0.2) is 72.8 Å². The first-order chi connectivity index (χ1) is 10.1. The molecular formula is C17H19O3P. The van der Waals surface area contributed by atoms with Crippen LogP contribution < -0.4 is 10.6 Å². The van der Waals surface area contributed by atoms with Crippen molar-refractivity contribution in [3.63, 3.8) is 0 Å². The Morgan fingerprint density at radius 3 is 1.86 bits per heavy atom. The molecule has 1 unspecified atom stereocenters. The van der Waals surface area contributed by atoms with Crippen LogP contribution in [0.1, 0.15) is 6.92 Å². The van der Waals surface area contributed by atoms with Crippen LogP contribution in [0, 0.1) is 0 Å². The smallest absolute Gasteiger partial charge is 0.146 e. The van der Waals surface area contributed by atoms with Gasteiger partial charge in [-0.25, -0.2) is 4.89 Å². The Balaban J connectivity index is 2.50. The fourth-order valence-electron chi connectivity index (χ4n) is 2.21. The van der Waals surface area contributed by atoms with Crippen molar-refractivity contribution in [3.8, 4) is 0 Å². The van der Waals surface area contributed by atoms with E-state index in [1.807, 2.05) is 60.7 Å². The molecule has 2 aromatic carbocycles. The zero-order valence-corrected chi connectivity index (χ0v) is 12.9. The van der Waals surface area contributed by atoms with Gasteiger partial charge in [0.15, 0.2) is 0 Å². The molecule has 0 saturated carbocycles. The maximum atomic E-state index is 13.7. The average molecular weight is 302 g/mol. The van der Waals surface area contributed by atoms with Gasteiger partial charge >= 0.3 is 0 Å². The topological polar surface area (TPSA) is 46.5 Å². The summed E-state index contributed by atoms with van der Waals surface area (Å²) in [5.74, 6) is 0. The van der Waals surface area contributed by atoms with E-state index in [9.17, 15) is 4.57 Å². The van der Waals surface area contributed by atoms with Gasteiger partial charge in [0, 0.05) is 16.8 Å². The average Bonchev–Trinajstić information content (AvgIpc) is 2.53. The van der Waals surface area contributed by atoms with Crippen LogP contribution in [0.3, 0.4) is 0 Å². The highest BCUT2D eigenvalue weighted by Crippen LogP contribution is 2.44. The van der Waals surface area contributed by atoms with Gasteiger partial charge in [0.25, 0.3) is 0 Å². The number of benzene rings is 2. The second kappa shape index (κ2) is 6.86. The molecule has 0 bridgehead atoms. The summed E-state index contributed by atoms with van der Waals surface area (Å²) in [6.07, 6.45) is -0.469. The maximum Gasteiger partial charge on any atom is 0.146 e. The highest BCUT2D eigenvalue weighted by atomic mass is 31.2. The Labute approximate surface area is 125 Å². The summed E-state index contributed by atoms with van der Waals surface area (Å²) < 4.78 is 13.7. The molecule has 2 aromatic rings. The molecule has 0 aliphatic heterocycles. The lowest BCUT2D eigenvalue weighted by Gasteiger charge is -2.23. The molecule has 3 nitrogen and oxygen atoms in total. The van der Waals surface area contributed by atoms with Gasteiger partial charge in [-0.05, 0) is 12.5 Å². The zero-order chi connectivity index (χ0) is 15.3. The van der Waals surface area contributed by atoms with E-state index in [2.05, 4.69) is 11.5 Å². The Morgan fingerprint density at radius 2 is 1.52 bits per heavy atom. The monoisotopic (exact) mass is 302 g/mol. The zero-order valence-electron chi connectivity index (χ0n) is 12.0. The summed E-state index contributed by atoms with van der Waals surface area (Å²) in [5, 5.41) is 10.6. The summed E-state index contributed by atoms with van der Waals surface area (Å²) in [5.41, 5.74) is 0.643. The van der Waals surface area contributed by atoms with E-state index in [0.717, 1.165) is 10.6 Å². The molecule has 21 heavy (non-hydrogen) atoms. The first kappa shape index (κ1) is 15.7. The predicted molar refractivity (Wildman–Crippen MR) is 86.9 cm³/mol. The lowest BCUT2D eigenvalue weighted by atomic mass is 10.2. The van der Waals surface area contributed by atoms with Crippen molar-refractivity contribution in [2.45, 2.75) is 13.0 Å². The normalized spacial score (nSPS) is 12.9. The van der Waals surface area contributed by atoms with Crippen molar-refractivity contribution in [2.24, 2.45) is 0 Å². The van der Waals surface area contributed by atoms with Crippen LogP contribution in [0.25, 0.3) is 0 Å². The lowest BCUT2D eigenvalue weighted by molar-refractivity contribution is -0.262. The SMILES string of the molecule is C=C(C)C(CP(=O)(c1ccccc1)c1ccccc1)OO. The fourth-order valence-corrected chi connectivity index (χ4v) is 5.08. The highest BCUT2D eigenvalue weighted by Gasteiger charge is 2.31. The standard InChI is InChI=1S/C17H19O3P/c1-14(2)17(20-18)13-21(19,15-9-5-3-6-10-15)16-11-7-4-8-12-16/h3-12,17-18H,1,13H2,2H3. The Morgan fingerprint density at radius 1 is 1.10 bits per heavy atom. The molecule has 0 amide bonds. The maximum absolute atomic E-state index is 13.7. The van der Waals surface area contributed by atoms with E-state index in [1.165, 1.54) is 0 Å². The third-order valence-corrected chi connectivity index (χ3v) is 6.56.